The minimum atomic E-state index is -0.256. The van der Waals surface area contributed by atoms with E-state index in [1.807, 2.05) is 25.1 Å². The number of hydrogen-bond acceptors (Lipinski definition) is 3. The zero-order chi connectivity index (χ0) is 12.4. The van der Waals surface area contributed by atoms with Gasteiger partial charge >= 0.3 is 0 Å². The van der Waals surface area contributed by atoms with Crippen molar-refractivity contribution >= 4 is 27.5 Å². The molecule has 0 spiro atoms. The highest BCUT2D eigenvalue weighted by Gasteiger charge is 2.31. The number of nitrogens with two attached hydrogens (primary N) is 1. The number of nitrogens with one attached hydrogen (secondary N) is 1. The lowest BCUT2D eigenvalue weighted by atomic mass is 10.0. The van der Waals surface area contributed by atoms with Gasteiger partial charge in [-0.15, -0.1) is 0 Å². The third kappa shape index (κ3) is 2.68. The third-order valence-electron chi connectivity index (χ3n) is 2.99. The fourth-order valence-corrected chi connectivity index (χ4v) is 2.18. The van der Waals surface area contributed by atoms with Gasteiger partial charge in [0.1, 0.15) is 0 Å². The van der Waals surface area contributed by atoms with E-state index in [9.17, 15) is 4.79 Å². The molecular formula is C12H15BrN2O2. The van der Waals surface area contributed by atoms with Crippen molar-refractivity contribution < 1.29 is 9.53 Å². The van der Waals surface area contributed by atoms with E-state index in [0.29, 0.717) is 13.2 Å². The molecule has 5 heteroatoms. The van der Waals surface area contributed by atoms with Crippen LogP contribution in [0.5, 0.6) is 0 Å². The van der Waals surface area contributed by atoms with Crippen LogP contribution in [0, 0.1) is 12.8 Å². The lowest BCUT2D eigenvalue weighted by Gasteiger charge is -2.15. The summed E-state index contributed by atoms with van der Waals surface area (Å²) in [5.41, 5.74) is 7.62. The number of ether oxygens (including phenoxy) is 1. The third-order valence-corrected chi connectivity index (χ3v) is 3.85. The highest BCUT2D eigenvalue weighted by atomic mass is 79.9. The Bertz CT molecular complexity index is 437. The Morgan fingerprint density at radius 3 is 2.94 bits per heavy atom. The summed E-state index contributed by atoms with van der Waals surface area (Å²) >= 11 is 3.43. The Kier molecular flexibility index (Phi) is 3.81. The number of carbonyl (C=O) groups excluding carboxylic acids is 1. The summed E-state index contributed by atoms with van der Waals surface area (Å²) in [5.74, 6) is -0.329. The topological polar surface area (TPSA) is 64.3 Å². The van der Waals surface area contributed by atoms with Crippen LogP contribution in [0.2, 0.25) is 0 Å². The number of carbonyl (C=O) groups is 1. The maximum Gasteiger partial charge on any atom is 0.231 e. The monoisotopic (exact) mass is 298 g/mol. The molecule has 0 aliphatic carbocycles. The average molecular weight is 299 g/mol. The van der Waals surface area contributed by atoms with Gasteiger partial charge in [-0.2, -0.15) is 0 Å². The number of benzene rings is 1. The van der Waals surface area contributed by atoms with E-state index >= 15 is 0 Å². The first-order valence-electron chi connectivity index (χ1n) is 5.49. The maximum absolute atomic E-state index is 12.0. The molecule has 4 nitrogen and oxygen atoms in total. The molecule has 1 aliphatic rings. The zero-order valence-corrected chi connectivity index (χ0v) is 11.2. The minimum absolute atomic E-state index is 0.0730. The molecule has 2 atom stereocenters. The summed E-state index contributed by atoms with van der Waals surface area (Å²) in [6.45, 7) is 2.81. The number of anilines is 1. The van der Waals surface area contributed by atoms with E-state index < -0.39 is 0 Å². The van der Waals surface area contributed by atoms with E-state index in [1.165, 1.54) is 0 Å². The lowest BCUT2D eigenvalue weighted by Crippen LogP contribution is -2.37. The van der Waals surface area contributed by atoms with E-state index in [0.717, 1.165) is 15.7 Å². The van der Waals surface area contributed by atoms with Crippen LogP contribution < -0.4 is 11.1 Å². The van der Waals surface area contributed by atoms with E-state index in [1.54, 1.807) is 0 Å². The van der Waals surface area contributed by atoms with Gasteiger partial charge < -0.3 is 15.8 Å². The molecule has 0 bridgehead atoms. The number of hydrogen-bond donors (Lipinski definition) is 2. The predicted molar refractivity (Wildman–Crippen MR) is 69.8 cm³/mol. The van der Waals surface area contributed by atoms with Gasteiger partial charge in [-0.3, -0.25) is 4.79 Å². The van der Waals surface area contributed by atoms with Crippen LogP contribution in [0.3, 0.4) is 0 Å². The SMILES string of the molecule is Cc1c(Br)cccc1NC(=O)C1COCC1N. The molecule has 1 fully saturated rings. The van der Waals surface area contributed by atoms with Crippen molar-refractivity contribution in [3.05, 3.63) is 28.2 Å². The van der Waals surface area contributed by atoms with Gasteiger partial charge in [-0.05, 0) is 24.6 Å². The summed E-state index contributed by atoms with van der Waals surface area (Å²) in [4.78, 5) is 12.0. The maximum atomic E-state index is 12.0. The van der Waals surface area contributed by atoms with E-state index in [4.69, 9.17) is 10.5 Å². The fraction of sp³-hybridized carbons (Fsp3) is 0.417. The molecule has 1 aromatic carbocycles. The van der Waals surface area contributed by atoms with Gasteiger partial charge in [-0.1, -0.05) is 22.0 Å². The smallest absolute Gasteiger partial charge is 0.231 e. The second-order valence-corrected chi connectivity index (χ2v) is 5.06. The van der Waals surface area contributed by atoms with Crippen molar-refractivity contribution in [3.8, 4) is 0 Å². The molecule has 0 radical (unpaired) electrons. The highest BCUT2D eigenvalue weighted by molar-refractivity contribution is 9.10. The first-order chi connectivity index (χ1) is 8.09. The molecule has 2 rings (SSSR count). The average Bonchev–Trinajstić information content (AvgIpc) is 2.71. The largest absolute Gasteiger partial charge is 0.379 e. The fourth-order valence-electron chi connectivity index (χ4n) is 1.81. The molecule has 0 aromatic heterocycles. The van der Waals surface area contributed by atoms with Crippen LogP contribution in [0.4, 0.5) is 5.69 Å². The quantitative estimate of drug-likeness (QED) is 0.873. The Labute approximate surface area is 109 Å². The van der Waals surface area contributed by atoms with Crippen molar-refractivity contribution in [1.82, 2.24) is 0 Å². The Morgan fingerprint density at radius 2 is 2.29 bits per heavy atom. The predicted octanol–water partition coefficient (Wildman–Crippen LogP) is 1.67. The Hall–Kier alpha value is -0.910. The lowest BCUT2D eigenvalue weighted by molar-refractivity contribution is -0.120. The molecule has 1 amide bonds. The highest BCUT2D eigenvalue weighted by Crippen LogP contribution is 2.24. The number of rotatable bonds is 2. The van der Waals surface area contributed by atoms with Crippen molar-refractivity contribution in [2.45, 2.75) is 13.0 Å². The van der Waals surface area contributed by atoms with Crippen molar-refractivity contribution in [3.63, 3.8) is 0 Å². The van der Waals surface area contributed by atoms with Gasteiger partial charge in [0.15, 0.2) is 0 Å². The zero-order valence-electron chi connectivity index (χ0n) is 9.57. The van der Waals surface area contributed by atoms with Gasteiger partial charge in [0, 0.05) is 16.2 Å². The van der Waals surface area contributed by atoms with Gasteiger partial charge in [-0.25, -0.2) is 0 Å². The molecule has 1 aliphatic heterocycles. The minimum Gasteiger partial charge on any atom is -0.379 e. The summed E-state index contributed by atoms with van der Waals surface area (Å²) < 4.78 is 6.16. The molecule has 0 saturated carbocycles. The summed E-state index contributed by atoms with van der Waals surface area (Å²) in [6.07, 6.45) is 0. The van der Waals surface area contributed by atoms with Crippen molar-refractivity contribution in [2.24, 2.45) is 11.7 Å². The summed E-state index contributed by atoms with van der Waals surface area (Å²) in [5, 5.41) is 2.89. The number of amides is 1. The molecule has 17 heavy (non-hydrogen) atoms. The second-order valence-electron chi connectivity index (χ2n) is 4.21. The normalized spacial score (nSPS) is 23.7. The summed E-state index contributed by atoms with van der Waals surface area (Å²) in [7, 11) is 0. The number of halogens is 1. The van der Waals surface area contributed by atoms with Crippen LogP contribution >= 0.6 is 15.9 Å². The van der Waals surface area contributed by atoms with E-state index in [2.05, 4.69) is 21.2 Å². The van der Waals surface area contributed by atoms with Crippen molar-refractivity contribution in [2.75, 3.05) is 18.5 Å². The van der Waals surface area contributed by atoms with Gasteiger partial charge in [0.25, 0.3) is 0 Å². The van der Waals surface area contributed by atoms with Crippen molar-refractivity contribution in [1.29, 1.82) is 0 Å². The van der Waals surface area contributed by atoms with Crippen LogP contribution in [0.25, 0.3) is 0 Å². The molecule has 2 unspecified atom stereocenters. The Balaban J connectivity index is 2.10. The molecular weight excluding hydrogens is 284 g/mol. The molecule has 1 aromatic rings. The molecule has 1 saturated heterocycles. The molecule has 1 heterocycles. The molecule has 92 valence electrons. The van der Waals surface area contributed by atoms with E-state index in [-0.39, 0.29) is 17.9 Å². The summed E-state index contributed by atoms with van der Waals surface area (Å²) in [6, 6.07) is 5.49. The standard InChI is InChI=1S/C12H15BrN2O2/c1-7-9(13)3-2-4-11(7)15-12(16)8-5-17-6-10(8)14/h2-4,8,10H,5-6,14H2,1H3,(H,15,16). The first-order valence-corrected chi connectivity index (χ1v) is 6.28. The second kappa shape index (κ2) is 5.16. The van der Waals surface area contributed by atoms with Crippen LogP contribution in [-0.2, 0) is 9.53 Å². The van der Waals surface area contributed by atoms with Crippen LogP contribution in [-0.4, -0.2) is 25.2 Å². The van der Waals surface area contributed by atoms with Gasteiger partial charge in [0.2, 0.25) is 5.91 Å². The molecule has 3 N–H and O–H groups in total. The Morgan fingerprint density at radius 1 is 1.53 bits per heavy atom. The van der Waals surface area contributed by atoms with Gasteiger partial charge in [0.05, 0.1) is 19.1 Å². The van der Waals surface area contributed by atoms with Crippen LogP contribution in [0.1, 0.15) is 5.56 Å². The first kappa shape index (κ1) is 12.5. The van der Waals surface area contributed by atoms with Crippen LogP contribution in [0.15, 0.2) is 22.7 Å².